The molecule has 1 unspecified atom stereocenters. The normalized spacial score (nSPS) is 18.9. The number of pyridine rings is 1. The number of anilines is 1. The smallest absolute Gasteiger partial charge is 0.406 e. The summed E-state index contributed by atoms with van der Waals surface area (Å²) in [7, 11) is 0. The number of alkyl halides is 3. The summed E-state index contributed by atoms with van der Waals surface area (Å²) in [5.74, 6) is -1.71. The van der Waals surface area contributed by atoms with Crippen LogP contribution >= 0.6 is 11.6 Å². The quantitative estimate of drug-likeness (QED) is 0.693. The second kappa shape index (κ2) is 7.82. The van der Waals surface area contributed by atoms with Crippen molar-refractivity contribution in [2.75, 3.05) is 11.9 Å². The van der Waals surface area contributed by atoms with E-state index in [0.29, 0.717) is 9.92 Å². The van der Waals surface area contributed by atoms with Crippen molar-refractivity contribution in [1.82, 2.24) is 15.2 Å². The molecule has 0 radical (unpaired) electrons. The maximum atomic E-state index is 12.8. The molecule has 158 valence electrons. The van der Waals surface area contributed by atoms with E-state index >= 15 is 0 Å². The van der Waals surface area contributed by atoms with Gasteiger partial charge in [0.1, 0.15) is 23.7 Å². The Kier molecular flexibility index (Phi) is 5.57. The van der Waals surface area contributed by atoms with E-state index in [2.05, 4.69) is 20.4 Å². The molecule has 0 bridgehead atoms. The van der Waals surface area contributed by atoms with Crippen LogP contribution in [0.2, 0.25) is 5.02 Å². The number of imide groups is 1. The number of rotatable bonds is 5. The van der Waals surface area contributed by atoms with Crippen LogP contribution in [0.25, 0.3) is 0 Å². The zero-order valence-electron chi connectivity index (χ0n) is 15.3. The fraction of sp³-hybridized carbons (Fsp3) is 0.222. The van der Waals surface area contributed by atoms with E-state index in [1.807, 2.05) is 0 Å². The highest BCUT2D eigenvalue weighted by atomic mass is 35.5. The molecular formula is C18H14ClF3N4O4. The first kappa shape index (κ1) is 21.4. The Bertz CT molecular complexity index is 982. The zero-order valence-corrected chi connectivity index (χ0v) is 16.0. The molecule has 1 fully saturated rings. The van der Waals surface area contributed by atoms with Gasteiger partial charge in [-0.15, -0.1) is 13.2 Å². The molecular weight excluding hydrogens is 429 g/mol. The standard InChI is InChI=1S/C18H14ClF3N4O4/c1-17(10-2-5-12(6-3-10)30-18(20,21)22)15(28)26(16(29)25-17)9-14(27)24-13-7-4-11(19)8-23-13/h2-8H,9H2,1H3,(H,25,29)(H,23,24,27). The third-order valence-corrected chi connectivity index (χ3v) is 4.46. The first-order chi connectivity index (χ1) is 14.0. The lowest BCUT2D eigenvalue weighted by molar-refractivity contribution is -0.274. The van der Waals surface area contributed by atoms with Gasteiger partial charge >= 0.3 is 12.4 Å². The summed E-state index contributed by atoms with van der Waals surface area (Å²) in [5, 5.41) is 5.25. The predicted molar refractivity (Wildman–Crippen MR) is 98.6 cm³/mol. The van der Waals surface area contributed by atoms with Crippen LogP contribution in [0, 0.1) is 0 Å². The summed E-state index contributed by atoms with van der Waals surface area (Å²) >= 11 is 5.71. The Labute approximate surface area is 173 Å². The van der Waals surface area contributed by atoms with E-state index in [0.717, 1.165) is 12.1 Å². The van der Waals surface area contributed by atoms with E-state index in [9.17, 15) is 27.6 Å². The minimum absolute atomic E-state index is 0.180. The molecule has 2 aromatic rings. The van der Waals surface area contributed by atoms with E-state index < -0.39 is 42.0 Å². The van der Waals surface area contributed by atoms with Crippen molar-refractivity contribution in [1.29, 1.82) is 0 Å². The lowest BCUT2D eigenvalue weighted by Crippen LogP contribution is -2.42. The Hall–Kier alpha value is -3.34. The summed E-state index contributed by atoms with van der Waals surface area (Å²) in [6.45, 7) is 0.797. The van der Waals surface area contributed by atoms with Gasteiger partial charge in [0, 0.05) is 6.20 Å². The van der Waals surface area contributed by atoms with Crippen LogP contribution in [0.5, 0.6) is 5.75 Å². The van der Waals surface area contributed by atoms with Gasteiger partial charge in [-0.25, -0.2) is 9.78 Å². The Morgan fingerprint density at radius 1 is 1.23 bits per heavy atom. The predicted octanol–water partition coefficient (Wildman–Crippen LogP) is 3.04. The van der Waals surface area contributed by atoms with E-state index in [1.165, 1.54) is 37.4 Å². The Morgan fingerprint density at radius 3 is 2.47 bits per heavy atom. The number of nitrogens with zero attached hydrogens (tertiary/aromatic N) is 2. The van der Waals surface area contributed by atoms with Gasteiger partial charge in [-0.2, -0.15) is 0 Å². The molecule has 1 aliphatic rings. The fourth-order valence-electron chi connectivity index (χ4n) is 2.80. The van der Waals surface area contributed by atoms with Gasteiger partial charge in [-0.3, -0.25) is 14.5 Å². The highest BCUT2D eigenvalue weighted by molar-refractivity contribution is 6.30. The first-order valence-corrected chi connectivity index (χ1v) is 8.77. The van der Waals surface area contributed by atoms with Crippen molar-refractivity contribution >= 4 is 35.3 Å². The van der Waals surface area contributed by atoms with Crippen LogP contribution in [-0.2, 0) is 15.1 Å². The van der Waals surface area contributed by atoms with Crippen LogP contribution in [0.1, 0.15) is 12.5 Å². The number of halogens is 4. The molecule has 1 aliphatic heterocycles. The van der Waals surface area contributed by atoms with Gasteiger partial charge in [-0.05, 0) is 36.8 Å². The third kappa shape index (κ3) is 4.62. The summed E-state index contributed by atoms with van der Waals surface area (Å²) in [6, 6.07) is 6.62. The summed E-state index contributed by atoms with van der Waals surface area (Å²) < 4.78 is 40.7. The molecule has 0 saturated carbocycles. The molecule has 1 saturated heterocycles. The van der Waals surface area contributed by atoms with Crippen LogP contribution in [0.3, 0.4) is 0 Å². The van der Waals surface area contributed by atoms with E-state index in [1.54, 1.807) is 0 Å². The topological polar surface area (TPSA) is 101 Å². The van der Waals surface area contributed by atoms with Gasteiger partial charge in [0.05, 0.1) is 5.02 Å². The van der Waals surface area contributed by atoms with Crippen molar-refractivity contribution < 1.29 is 32.3 Å². The molecule has 2 N–H and O–H groups in total. The highest BCUT2D eigenvalue weighted by Crippen LogP contribution is 2.31. The summed E-state index contributed by atoms with van der Waals surface area (Å²) in [4.78, 5) is 41.8. The van der Waals surface area contributed by atoms with Crippen LogP contribution in [0.4, 0.5) is 23.8 Å². The lowest BCUT2D eigenvalue weighted by Gasteiger charge is -2.22. The molecule has 4 amide bonds. The molecule has 0 spiro atoms. The van der Waals surface area contributed by atoms with Crippen molar-refractivity contribution in [3.8, 4) is 5.75 Å². The maximum Gasteiger partial charge on any atom is 0.573 e. The molecule has 1 aromatic carbocycles. The fourth-order valence-corrected chi connectivity index (χ4v) is 2.91. The molecule has 0 aliphatic carbocycles. The number of urea groups is 1. The second-order valence-corrected chi connectivity index (χ2v) is 6.86. The number of carbonyl (C=O) groups is 3. The second-order valence-electron chi connectivity index (χ2n) is 6.43. The van der Waals surface area contributed by atoms with Crippen LogP contribution < -0.4 is 15.4 Å². The third-order valence-electron chi connectivity index (χ3n) is 4.24. The van der Waals surface area contributed by atoms with Gasteiger partial charge < -0.3 is 15.4 Å². The molecule has 12 heteroatoms. The molecule has 3 rings (SSSR count). The van der Waals surface area contributed by atoms with Gasteiger partial charge in [0.15, 0.2) is 0 Å². The molecule has 8 nitrogen and oxygen atoms in total. The Balaban J connectivity index is 1.71. The number of amides is 4. The van der Waals surface area contributed by atoms with Crippen molar-refractivity contribution in [3.63, 3.8) is 0 Å². The number of benzene rings is 1. The van der Waals surface area contributed by atoms with Crippen LogP contribution in [-0.4, -0.2) is 40.6 Å². The number of aromatic nitrogens is 1. The lowest BCUT2D eigenvalue weighted by atomic mass is 9.92. The molecule has 30 heavy (non-hydrogen) atoms. The van der Waals surface area contributed by atoms with Crippen LogP contribution in [0.15, 0.2) is 42.6 Å². The Morgan fingerprint density at radius 2 is 1.90 bits per heavy atom. The van der Waals surface area contributed by atoms with Gasteiger partial charge in [-0.1, -0.05) is 23.7 Å². The first-order valence-electron chi connectivity index (χ1n) is 8.40. The number of carbonyl (C=O) groups excluding carboxylic acids is 3. The average molecular weight is 443 g/mol. The van der Waals surface area contributed by atoms with Gasteiger partial charge in [0.25, 0.3) is 5.91 Å². The molecule has 1 atom stereocenters. The summed E-state index contributed by atoms with van der Waals surface area (Å²) in [6.07, 6.45) is -3.54. The highest BCUT2D eigenvalue weighted by Gasteiger charge is 2.49. The molecule has 1 aromatic heterocycles. The number of ether oxygens (including phenoxy) is 1. The maximum absolute atomic E-state index is 12.8. The zero-order chi connectivity index (χ0) is 22.1. The van der Waals surface area contributed by atoms with E-state index in [4.69, 9.17) is 11.6 Å². The largest absolute Gasteiger partial charge is 0.573 e. The van der Waals surface area contributed by atoms with Crippen molar-refractivity contribution in [2.45, 2.75) is 18.8 Å². The number of nitrogens with one attached hydrogen (secondary N) is 2. The minimum atomic E-state index is -4.86. The van der Waals surface area contributed by atoms with E-state index in [-0.39, 0.29) is 11.4 Å². The summed E-state index contributed by atoms with van der Waals surface area (Å²) in [5.41, 5.74) is -1.34. The minimum Gasteiger partial charge on any atom is -0.406 e. The SMILES string of the molecule is CC1(c2ccc(OC(F)(F)F)cc2)NC(=O)N(CC(=O)Nc2ccc(Cl)cn2)C1=O. The average Bonchev–Trinajstić information content (AvgIpc) is 2.87. The van der Waals surface area contributed by atoms with Gasteiger partial charge in [0.2, 0.25) is 5.91 Å². The number of hydrogen-bond acceptors (Lipinski definition) is 5. The number of hydrogen-bond donors (Lipinski definition) is 2. The molecule has 2 heterocycles. The monoisotopic (exact) mass is 442 g/mol. The van der Waals surface area contributed by atoms with Crippen molar-refractivity contribution in [2.24, 2.45) is 0 Å². The van der Waals surface area contributed by atoms with Crippen molar-refractivity contribution in [3.05, 3.63) is 53.2 Å².